The molecule has 2 unspecified atom stereocenters. The molecule has 0 aliphatic carbocycles. The van der Waals surface area contributed by atoms with Crippen LogP contribution in [0.2, 0.25) is 0 Å². The molecule has 12 nitrogen and oxygen atoms in total. The van der Waals surface area contributed by atoms with Gasteiger partial charge in [-0.3, -0.25) is 23.4 Å². The van der Waals surface area contributed by atoms with Gasteiger partial charge in [-0.15, -0.1) is 0 Å². The summed E-state index contributed by atoms with van der Waals surface area (Å²) < 4.78 is 32.6. The van der Waals surface area contributed by atoms with Gasteiger partial charge >= 0.3 is 25.7 Å². The Morgan fingerprint density at radius 1 is 0.590 bits per heavy atom. The van der Waals surface area contributed by atoms with Gasteiger partial charge in [-0.05, 0) is 89.9 Å². The molecular weight excluding hydrogens is 797 g/mol. The summed E-state index contributed by atoms with van der Waals surface area (Å²) in [6, 6.07) is -1.55. The van der Waals surface area contributed by atoms with Gasteiger partial charge in [0.25, 0.3) is 0 Å². The fourth-order valence-electron chi connectivity index (χ4n) is 4.91. The predicted octanol–water partition coefficient (Wildman–Crippen LogP) is 10.6. The number of phosphoric ester groups is 1. The largest absolute Gasteiger partial charge is 0.480 e. The third-order valence-corrected chi connectivity index (χ3v) is 9.23. The molecule has 4 atom stereocenters. The van der Waals surface area contributed by atoms with Crippen molar-refractivity contribution in [1.29, 1.82) is 0 Å². The number of aliphatic carboxylic acids is 1. The highest BCUT2D eigenvalue weighted by atomic mass is 31.2. The van der Waals surface area contributed by atoms with Gasteiger partial charge < -0.3 is 30.3 Å². The molecular formula is C48H74NO11P. The van der Waals surface area contributed by atoms with Crippen LogP contribution in [0.25, 0.3) is 0 Å². The maximum Gasteiger partial charge on any atom is 0.472 e. The maximum atomic E-state index is 12.6. The van der Waals surface area contributed by atoms with E-state index >= 15 is 0 Å². The lowest BCUT2D eigenvalue weighted by molar-refractivity contribution is -0.161. The Balaban J connectivity index is 4.58. The van der Waals surface area contributed by atoms with Crippen molar-refractivity contribution in [1.82, 2.24) is 0 Å². The Labute approximate surface area is 365 Å². The number of ether oxygens (including phenoxy) is 2. The molecule has 5 N–H and O–H groups in total. The van der Waals surface area contributed by atoms with Gasteiger partial charge in [0, 0.05) is 12.8 Å². The number of allylic oxidation sites excluding steroid dienone is 18. The number of carbonyl (C=O) groups is 3. The molecule has 0 fully saturated rings. The minimum Gasteiger partial charge on any atom is -0.480 e. The van der Waals surface area contributed by atoms with Crippen molar-refractivity contribution in [2.75, 3.05) is 19.8 Å². The number of phosphoric acid groups is 1. The van der Waals surface area contributed by atoms with Gasteiger partial charge in [-0.25, -0.2) is 4.57 Å². The first-order valence-electron chi connectivity index (χ1n) is 21.7. The molecule has 0 heterocycles. The molecule has 0 aliphatic rings. The van der Waals surface area contributed by atoms with Crippen molar-refractivity contribution in [2.24, 2.45) is 5.73 Å². The SMILES string of the molecule is CC/C=C\C/C=C\C/C=C\C/C=C\C/C=C\CCCCCC(=O)O[C@H](COC(=O)CCC/C=C\C/C=C\C/C=C\C=C\CC(O)/C=C\CC)COP(=O)(O)OC[C@H](N)C(=O)O. The van der Waals surface area contributed by atoms with Crippen LogP contribution in [0.4, 0.5) is 0 Å². The Morgan fingerprint density at radius 3 is 1.66 bits per heavy atom. The van der Waals surface area contributed by atoms with E-state index in [0.717, 1.165) is 70.6 Å². The summed E-state index contributed by atoms with van der Waals surface area (Å²) >= 11 is 0. The molecule has 0 saturated heterocycles. The van der Waals surface area contributed by atoms with Gasteiger partial charge in [-0.2, -0.15) is 0 Å². The van der Waals surface area contributed by atoms with Gasteiger partial charge in [-0.1, -0.05) is 142 Å². The van der Waals surface area contributed by atoms with Crippen molar-refractivity contribution in [3.8, 4) is 0 Å². The smallest absolute Gasteiger partial charge is 0.472 e. The number of nitrogens with two attached hydrogens (primary N) is 1. The molecule has 0 aromatic carbocycles. The summed E-state index contributed by atoms with van der Waals surface area (Å²) in [5, 5.41) is 18.7. The topological polar surface area (TPSA) is 192 Å². The number of unbranched alkanes of at least 4 members (excludes halogenated alkanes) is 4. The first kappa shape index (κ1) is 56.8. The van der Waals surface area contributed by atoms with Crippen LogP contribution < -0.4 is 5.73 Å². The standard InChI is InChI=1S/C48H74NO11P/c1-3-5-7-8-9-10-11-12-13-14-15-16-17-18-23-26-29-32-35-39-47(52)60-44(41-58-61(55,56)59-42-45(49)48(53)54)40-57-46(51)38-34-31-28-25-22-20-19-21-24-27-30-33-37-43(50)36-6-4-2/h5-7,9-10,12-13,15-16,18-20,23-25,27-28,30,33,36,43-45,50H,3-4,8,11,14,17,21-22,26,29,31-32,34-35,37-42,49H2,1-2H3,(H,53,54)(H,55,56)/b7-5-,10-9-,13-12-,16-15-,20-19-,23-18-,27-24-,28-25-,33-30+,36-6-/t43?,44-,45+/m1/s1. The molecule has 13 heteroatoms. The van der Waals surface area contributed by atoms with Crippen molar-refractivity contribution in [3.05, 3.63) is 122 Å². The highest BCUT2D eigenvalue weighted by Crippen LogP contribution is 2.43. The van der Waals surface area contributed by atoms with E-state index in [1.54, 1.807) is 6.08 Å². The van der Waals surface area contributed by atoms with Gasteiger partial charge in [0.05, 0.1) is 19.3 Å². The van der Waals surface area contributed by atoms with Crippen LogP contribution in [0.3, 0.4) is 0 Å². The third kappa shape index (κ3) is 41.0. The number of aliphatic hydroxyl groups excluding tert-OH is 1. The van der Waals surface area contributed by atoms with Crippen LogP contribution in [-0.2, 0) is 37.5 Å². The maximum absolute atomic E-state index is 12.6. The number of carbonyl (C=O) groups excluding carboxylic acids is 2. The van der Waals surface area contributed by atoms with Gasteiger partial charge in [0.1, 0.15) is 12.6 Å². The third-order valence-electron chi connectivity index (χ3n) is 8.28. The summed E-state index contributed by atoms with van der Waals surface area (Å²) in [6.45, 7) is 2.32. The molecule has 61 heavy (non-hydrogen) atoms. The molecule has 0 bridgehead atoms. The van der Waals surface area contributed by atoms with Gasteiger partial charge in [0.15, 0.2) is 6.10 Å². The highest BCUT2D eigenvalue weighted by molar-refractivity contribution is 7.47. The van der Waals surface area contributed by atoms with E-state index in [2.05, 4.69) is 78.3 Å². The molecule has 342 valence electrons. The van der Waals surface area contributed by atoms with Crippen LogP contribution in [0.5, 0.6) is 0 Å². The Morgan fingerprint density at radius 2 is 1.08 bits per heavy atom. The summed E-state index contributed by atoms with van der Waals surface area (Å²) in [5.41, 5.74) is 5.32. The lowest BCUT2D eigenvalue weighted by Crippen LogP contribution is -2.34. The zero-order valence-electron chi connectivity index (χ0n) is 36.6. The number of hydrogen-bond acceptors (Lipinski definition) is 10. The molecule has 0 aliphatic heterocycles. The lowest BCUT2D eigenvalue weighted by atomic mass is 10.1. The molecule has 0 rings (SSSR count). The first-order valence-corrected chi connectivity index (χ1v) is 23.2. The van der Waals surface area contributed by atoms with Crippen LogP contribution in [0, 0.1) is 0 Å². The monoisotopic (exact) mass is 871 g/mol. The van der Waals surface area contributed by atoms with Crippen LogP contribution >= 0.6 is 7.82 Å². The minimum absolute atomic E-state index is 0.0929. The van der Waals surface area contributed by atoms with E-state index in [4.69, 9.17) is 24.8 Å². The number of carboxylic acid groups (broad SMARTS) is 1. The predicted molar refractivity (Wildman–Crippen MR) is 245 cm³/mol. The molecule has 0 saturated carbocycles. The Bertz CT molecular complexity index is 1510. The zero-order valence-corrected chi connectivity index (χ0v) is 37.4. The van der Waals surface area contributed by atoms with E-state index in [1.807, 2.05) is 55.5 Å². The quantitative estimate of drug-likeness (QED) is 0.0151. The van der Waals surface area contributed by atoms with Crippen molar-refractivity contribution >= 4 is 25.7 Å². The molecule has 0 amide bonds. The van der Waals surface area contributed by atoms with Crippen LogP contribution in [-0.4, -0.2) is 71.1 Å². The number of carboxylic acids is 1. The number of rotatable bonds is 38. The zero-order chi connectivity index (χ0) is 45.1. The molecule has 0 aromatic rings. The number of hydrogen-bond donors (Lipinski definition) is 4. The summed E-state index contributed by atoms with van der Waals surface area (Å²) in [4.78, 5) is 46.0. The first-order chi connectivity index (χ1) is 29.5. The van der Waals surface area contributed by atoms with E-state index in [0.29, 0.717) is 25.7 Å². The van der Waals surface area contributed by atoms with E-state index < -0.39 is 63.8 Å². The average molecular weight is 872 g/mol. The van der Waals surface area contributed by atoms with Crippen molar-refractivity contribution in [3.63, 3.8) is 0 Å². The average Bonchev–Trinajstić information content (AvgIpc) is 3.23. The van der Waals surface area contributed by atoms with E-state index in [-0.39, 0.29) is 12.8 Å². The van der Waals surface area contributed by atoms with Crippen LogP contribution in [0.1, 0.15) is 123 Å². The second kappa shape index (κ2) is 41.2. The Kier molecular flexibility index (Phi) is 38.4. The normalized spacial score (nSPS) is 15.4. The minimum atomic E-state index is -4.76. The summed E-state index contributed by atoms with van der Waals surface area (Å²) in [6.07, 6.45) is 51.8. The number of esters is 2. The summed E-state index contributed by atoms with van der Waals surface area (Å²) in [7, 11) is -4.76. The summed E-state index contributed by atoms with van der Waals surface area (Å²) in [5.74, 6) is -2.55. The fraction of sp³-hybridized carbons (Fsp3) is 0.521. The van der Waals surface area contributed by atoms with E-state index in [1.165, 1.54) is 0 Å². The fourth-order valence-corrected chi connectivity index (χ4v) is 5.69. The van der Waals surface area contributed by atoms with Crippen molar-refractivity contribution in [2.45, 2.75) is 141 Å². The number of aliphatic hydroxyl groups is 1. The molecule has 0 aromatic heterocycles. The Hall–Kier alpha value is -4.16. The van der Waals surface area contributed by atoms with Gasteiger partial charge in [0.2, 0.25) is 0 Å². The lowest BCUT2D eigenvalue weighted by Gasteiger charge is -2.20. The van der Waals surface area contributed by atoms with E-state index in [9.17, 15) is 28.9 Å². The highest BCUT2D eigenvalue weighted by Gasteiger charge is 2.28. The van der Waals surface area contributed by atoms with Crippen LogP contribution in [0.15, 0.2) is 122 Å². The second-order valence-electron chi connectivity index (χ2n) is 13.9. The molecule has 0 radical (unpaired) electrons. The molecule has 0 spiro atoms. The van der Waals surface area contributed by atoms with Crippen molar-refractivity contribution < 1.29 is 52.6 Å². The second-order valence-corrected chi connectivity index (χ2v) is 15.4.